The Balaban J connectivity index is 1.73. The monoisotopic (exact) mass is 414 g/mol. The lowest BCUT2D eigenvalue weighted by Crippen LogP contribution is -2.54. The zero-order chi connectivity index (χ0) is 20.9. The molecule has 3 aliphatic rings. The van der Waals surface area contributed by atoms with Gasteiger partial charge in [0.15, 0.2) is 5.78 Å². The molecule has 2 saturated heterocycles. The van der Waals surface area contributed by atoms with Crippen molar-refractivity contribution in [1.82, 2.24) is 9.55 Å². The average molecular weight is 414 g/mol. The van der Waals surface area contributed by atoms with Gasteiger partial charge in [0.2, 0.25) is 5.95 Å². The standard InChI is InChI=1S/C19H25F3N4O3/c1-11(2)14(27)10-26-15(19(20,21)22)5-6-25-17(28)7-16(23-18(25)26)24-8-12-3-4-13(9-24)29-12/h7,11-13,15H,3-6,8-10H2,1-2H3/t12?,13?,15-/m0/s1. The predicted molar refractivity (Wildman–Crippen MR) is 100 cm³/mol. The van der Waals surface area contributed by atoms with Crippen LogP contribution in [0.15, 0.2) is 10.9 Å². The van der Waals surface area contributed by atoms with Gasteiger partial charge in [-0.3, -0.25) is 14.2 Å². The Morgan fingerprint density at radius 2 is 1.90 bits per heavy atom. The smallest absolute Gasteiger partial charge is 0.371 e. The number of hydrogen-bond donors (Lipinski definition) is 0. The first kappa shape index (κ1) is 20.2. The van der Waals surface area contributed by atoms with Gasteiger partial charge in [0.05, 0.1) is 18.8 Å². The molecule has 0 radical (unpaired) electrons. The lowest BCUT2D eigenvalue weighted by atomic mass is 10.1. The van der Waals surface area contributed by atoms with E-state index < -0.39 is 30.2 Å². The molecule has 4 heterocycles. The average Bonchev–Trinajstić information content (AvgIpc) is 2.98. The second-order valence-corrected chi connectivity index (χ2v) is 8.36. The zero-order valence-electron chi connectivity index (χ0n) is 16.5. The Labute approximate surface area is 166 Å². The maximum absolute atomic E-state index is 13.7. The van der Waals surface area contributed by atoms with Crippen LogP contribution in [-0.4, -0.2) is 59.4 Å². The second-order valence-electron chi connectivity index (χ2n) is 8.36. The van der Waals surface area contributed by atoms with Crippen LogP contribution < -0.4 is 15.4 Å². The van der Waals surface area contributed by atoms with Gasteiger partial charge in [0.1, 0.15) is 11.9 Å². The molecule has 7 nitrogen and oxygen atoms in total. The summed E-state index contributed by atoms with van der Waals surface area (Å²) in [5, 5.41) is 0. The first-order valence-electron chi connectivity index (χ1n) is 10.0. The molecular formula is C19H25F3N4O3. The molecule has 160 valence electrons. The molecule has 1 aromatic rings. The van der Waals surface area contributed by atoms with Crippen molar-refractivity contribution in [3.8, 4) is 0 Å². The summed E-state index contributed by atoms with van der Waals surface area (Å²) in [5.41, 5.74) is -0.397. The van der Waals surface area contributed by atoms with Crippen molar-refractivity contribution in [3.63, 3.8) is 0 Å². The van der Waals surface area contributed by atoms with Crippen molar-refractivity contribution in [3.05, 3.63) is 16.4 Å². The highest BCUT2D eigenvalue weighted by Gasteiger charge is 2.47. The van der Waals surface area contributed by atoms with Crippen LogP contribution in [0, 0.1) is 5.92 Å². The molecule has 10 heteroatoms. The lowest BCUT2D eigenvalue weighted by molar-refractivity contribution is -0.153. The minimum Gasteiger partial charge on any atom is -0.371 e. The number of hydrogen-bond acceptors (Lipinski definition) is 6. The van der Waals surface area contributed by atoms with Crippen LogP contribution in [0.1, 0.15) is 33.1 Å². The van der Waals surface area contributed by atoms with Gasteiger partial charge in [-0.05, 0) is 19.3 Å². The van der Waals surface area contributed by atoms with Crippen LogP contribution >= 0.6 is 0 Å². The molecule has 0 N–H and O–H groups in total. The normalized spacial score (nSPS) is 26.8. The number of alkyl halides is 3. The predicted octanol–water partition coefficient (Wildman–Crippen LogP) is 1.98. The van der Waals surface area contributed by atoms with Gasteiger partial charge in [0.25, 0.3) is 5.56 Å². The summed E-state index contributed by atoms with van der Waals surface area (Å²) < 4.78 is 48.2. The van der Waals surface area contributed by atoms with E-state index in [1.165, 1.54) is 10.6 Å². The van der Waals surface area contributed by atoms with Crippen LogP contribution in [0.4, 0.5) is 24.9 Å². The summed E-state index contributed by atoms with van der Waals surface area (Å²) in [7, 11) is 0. The number of carbonyl (C=O) groups is 1. The number of morpholine rings is 1. The Bertz CT molecular complexity index is 842. The third kappa shape index (κ3) is 3.86. The minimum absolute atomic E-state index is 0.0517. The van der Waals surface area contributed by atoms with Crippen molar-refractivity contribution in [1.29, 1.82) is 0 Å². The van der Waals surface area contributed by atoms with Gasteiger partial charge >= 0.3 is 6.18 Å². The molecule has 4 rings (SSSR count). The van der Waals surface area contributed by atoms with E-state index in [4.69, 9.17) is 4.74 Å². The van der Waals surface area contributed by atoms with Gasteiger partial charge in [-0.15, -0.1) is 0 Å². The number of nitrogens with zero attached hydrogens (tertiary/aromatic N) is 4. The molecule has 2 bridgehead atoms. The summed E-state index contributed by atoms with van der Waals surface area (Å²) in [5.74, 6) is -0.457. The molecule has 0 spiro atoms. The SMILES string of the molecule is CC(C)C(=O)CN1c2nc(N3CC4CCC(C3)O4)cc(=O)n2CC[C@H]1C(F)(F)F. The van der Waals surface area contributed by atoms with E-state index in [1.54, 1.807) is 13.8 Å². The fraction of sp³-hybridized carbons (Fsp3) is 0.737. The van der Waals surface area contributed by atoms with Crippen molar-refractivity contribution in [2.24, 2.45) is 5.92 Å². The van der Waals surface area contributed by atoms with E-state index in [2.05, 4.69) is 4.98 Å². The quantitative estimate of drug-likeness (QED) is 0.751. The number of rotatable bonds is 4. The first-order valence-corrected chi connectivity index (χ1v) is 10.0. The van der Waals surface area contributed by atoms with Crippen molar-refractivity contribution in [2.45, 2.75) is 64.1 Å². The molecule has 1 aromatic heterocycles. The lowest BCUT2D eigenvalue weighted by Gasteiger charge is -2.40. The number of carbonyl (C=O) groups excluding carboxylic acids is 1. The van der Waals surface area contributed by atoms with E-state index in [-0.39, 0.29) is 36.9 Å². The molecule has 2 fully saturated rings. The van der Waals surface area contributed by atoms with Crippen molar-refractivity contribution < 1.29 is 22.7 Å². The van der Waals surface area contributed by atoms with Crippen LogP contribution in [0.3, 0.4) is 0 Å². The topological polar surface area (TPSA) is 67.7 Å². The van der Waals surface area contributed by atoms with E-state index in [0.29, 0.717) is 18.9 Å². The van der Waals surface area contributed by atoms with Gasteiger partial charge in [-0.25, -0.2) is 0 Å². The fourth-order valence-corrected chi connectivity index (χ4v) is 4.29. The number of fused-ring (bicyclic) bond motifs is 3. The number of aromatic nitrogens is 2. The highest BCUT2D eigenvalue weighted by Crippen LogP contribution is 2.35. The summed E-state index contributed by atoms with van der Waals surface area (Å²) in [6.45, 7) is 3.91. The number of Topliss-reactive ketones (excluding diaryl/α,β-unsaturated/α-hetero) is 1. The maximum atomic E-state index is 13.7. The van der Waals surface area contributed by atoms with Crippen LogP contribution in [0.5, 0.6) is 0 Å². The molecule has 3 aliphatic heterocycles. The first-order chi connectivity index (χ1) is 13.6. The number of ether oxygens (including phenoxy) is 1. The highest BCUT2D eigenvalue weighted by atomic mass is 19.4. The molecule has 0 saturated carbocycles. The molecule has 3 atom stereocenters. The zero-order valence-corrected chi connectivity index (χ0v) is 16.5. The largest absolute Gasteiger partial charge is 0.408 e. The Hall–Kier alpha value is -2.10. The number of anilines is 2. The molecule has 0 aliphatic carbocycles. The van der Waals surface area contributed by atoms with Crippen molar-refractivity contribution in [2.75, 3.05) is 29.4 Å². The summed E-state index contributed by atoms with van der Waals surface area (Å²) in [6.07, 6.45) is -2.85. The Kier molecular flexibility index (Phi) is 5.08. The van der Waals surface area contributed by atoms with E-state index in [0.717, 1.165) is 17.7 Å². The molecule has 29 heavy (non-hydrogen) atoms. The summed E-state index contributed by atoms with van der Waals surface area (Å²) in [6, 6.07) is -0.460. The maximum Gasteiger partial charge on any atom is 0.408 e. The minimum atomic E-state index is -4.52. The highest BCUT2D eigenvalue weighted by molar-refractivity contribution is 5.85. The number of halogens is 3. The van der Waals surface area contributed by atoms with E-state index in [1.807, 2.05) is 4.90 Å². The Morgan fingerprint density at radius 3 is 2.48 bits per heavy atom. The van der Waals surface area contributed by atoms with Gasteiger partial charge in [-0.2, -0.15) is 18.2 Å². The molecule has 0 amide bonds. The van der Waals surface area contributed by atoms with Crippen molar-refractivity contribution >= 4 is 17.5 Å². The molecular weight excluding hydrogens is 389 g/mol. The molecule has 2 unspecified atom stereocenters. The fourth-order valence-electron chi connectivity index (χ4n) is 4.29. The summed E-state index contributed by atoms with van der Waals surface area (Å²) >= 11 is 0. The second kappa shape index (κ2) is 7.30. The third-order valence-corrected chi connectivity index (χ3v) is 5.95. The third-order valence-electron chi connectivity index (χ3n) is 5.95. The number of ketones is 1. The van der Waals surface area contributed by atoms with Crippen LogP contribution in [0.25, 0.3) is 0 Å². The van der Waals surface area contributed by atoms with E-state index in [9.17, 15) is 22.8 Å². The molecule has 0 aromatic carbocycles. The Morgan fingerprint density at radius 1 is 1.24 bits per heavy atom. The van der Waals surface area contributed by atoms with Crippen LogP contribution in [0.2, 0.25) is 0 Å². The van der Waals surface area contributed by atoms with Gasteiger partial charge in [0, 0.05) is 31.6 Å². The van der Waals surface area contributed by atoms with Gasteiger partial charge < -0.3 is 14.5 Å². The summed E-state index contributed by atoms with van der Waals surface area (Å²) in [4.78, 5) is 32.3. The van der Waals surface area contributed by atoms with E-state index >= 15 is 0 Å². The van der Waals surface area contributed by atoms with Crippen LogP contribution in [-0.2, 0) is 16.1 Å². The van der Waals surface area contributed by atoms with Gasteiger partial charge in [-0.1, -0.05) is 13.8 Å².